The number of nitrogens with one attached hydrogen (secondary N) is 1. The maximum atomic E-state index is 5.42. The van der Waals surface area contributed by atoms with Crippen LogP contribution in [0.4, 0.5) is 0 Å². The zero-order valence-electron chi connectivity index (χ0n) is 13.0. The van der Waals surface area contributed by atoms with Crippen molar-refractivity contribution in [1.82, 2.24) is 10.2 Å². The SMILES string of the molecule is CCCN(Cc1cc(OC)c(OC)cc1C)C1CNC1. The van der Waals surface area contributed by atoms with Crippen molar-refractivity contribution in [3.05, 3.63) is 23.3 Å². The van der Waals surface area contributed by atoms with Crippen LogP contribution in [0.5, 0.6) is 11.5 Å². The number of hydrogen-bond acceptors (Lipinski definition) is 4. The summed E-state index contributed by atoms with van der Waals surface area (Å²) < 4.78 is 10.8. The van der Waals surface area contributed by atoms with Crippen molar-refractivity contribution < 1.29 is 9.47 Å². The predicted octanol–water partition coefficient (Wildman–Crippen LogP) is 2.20. The topological polar surface area (TPSA) is 33.7 Å². The Labute approximate surface area is 122 Å². The third-order valence-corrected chi connectivity index (χ3v) is 4.00. The third kappa shape index (κ3) is 3.25. The first kappa shape index (κ1) is 15.1. The first-order chi connectivity index (χ1) is 9.69. The maximum absolute atomic E-state index is 5.42. The van der Waals surface area contributed by atoms with Gasteiger partial charge in [0.05, 0.1) is 14.2 Å². The van der Waals surface area contributed by atoms with Gasteiger partial charge in [0.2, 0.25) is 0 Å². The summed E-state index contributed by atoms with van der Waals surface area (Å²) in [5, 5.41) is 3.35. The van der Waals surface area contributed by atoms with E-state index in [0.29, 0.717) is 6.04 Å². The molecule has 0 saturated carbocycles. The number of aryl methyl sites for hydroxylation is 1. The molecule has 4 heteroatoms. The molecule has 1 saturated heterocycles. The van der Waals surface area contributed by atoms with E-state index in [9.17, 15) is 0 Å². The van der Waals surface area contributed by atoms with E-state index in [1.807, 2.05) is 0 Å². The number of benzene rings is 1. The van der Waals surface area contributed by atoms with Crippen LogP contribution in [-0.4, -0.2) is 44.8 Å². The first-order valence-electron chi connectivity index (χ1n) is 7.35. The van der Waals surface area contributed by atoms with Crippen molar-refractivity contribution in [2.24, 2.45) is 0 Å². The van der Waals surface area contributed by atoms with Crippen LogP contribution in [0.25, 0.3) is 0 Å². The number of nitrogens with zero attached hydrogens (tertiary/aromatic N) is 1. The summed E-state index contributed by atoms with van der Waals surface area (Å²) >= 11 is 0. The van der Waals surface area contributed by atoms with Crippen molar-refractivity contribution in [2.75, 3.05) is 33.9 Å². The number of ether oxygens (including phenoxy) is 2. The van der Waals surface area contributed by atoms with Crippen molar-refractivity contribution in [3.63, 3.8) is 0 Å². The summed E-state index contributed by atoms with van der Waals surface area (Å²) in [5.74, 6) is 1.62. The maximum Gasteiger partial charge on any atom is 0.161 e. The van der Waals surface area contributed by atoms with Crippen LogP contribution in [-0.2, 0) is 6.54 Å². The highest BCUT2D eigenvalue weighted by Crippen LogP contribution is 2.31. The van der Waals surface area contributed by atoms with Gasteiger partial charge in [0.15, 0.2) is 11.5 Å². The fourth-order valence-corrected chi connectivity index (χ4v) is 2.62. The Morgan fingerprint density at radius 2 is 1.85 bits per heavy atom. The van der Waals surface area contributed by atoms with Gasteiger partial charge in [-0.1, -0.05) is 6.92 Å². The molecule has 0 aliphatic carbocycles. The molecule has 0 unspecified atom stereocenters. The fraction of sp³-hybridized carbons (Fsp3) is 0.625. The fourth-order valence-electron chi connectivity index (χ4n) is 2.62. The lowest BCUT2D eigenvalue weighted by molar-refractivity contribution is 0.137. The standard InChI is InChI=1S/C16H26N2O2/c1-5-6-18(14-9-17-10-14)11-13-8-16(20-4)15(19-3)7-12(13)2/h7-8,14,17H,5-6,9-11H2,1-4H3. The molecule has 0 atom stereocenters. The van der Waals surface area contributed by atoms with Gasteiger partial charge in [-0.15, -0.1) is 0 Å². The Morgan fingerprint density at radius 3 is 2.35 bits per heavy atom. The minimum absolute atomic E-state index is 0.669. The normalized spacial score (nSPS) is 15.2. The second kappa shape index (κ2) is 6.95. The Bertz CT molecular complexity index is 444. The van der Waals surface area contributed by atoms with Crippen LogP contribution in [0.1, 0.15) is 24.5 Å². The van der Waals surface area contributed by atoms with E-state index in [2.05, 4.69) is 36.2 Å². The summed E-state index contributed by atoms with van der Waals surface area (Å²) in [7, 11) is 3.37. The lowest BCUT2D eigenvalue weighted by atomic mass is 10.0. The average Bonchev–Trinajstić information content (AvgIpc) is 2.38. The zero-order valence-corrected chi connectivity index (χ0v) is 13.0. The van der Waals surface area contributed by atoms with E-state index in [-0.39, 0.29) is 0 Å². The minimum atomic E-state index is 0.669. The largest absolute Gasteiger partial charge is 0.493 e. The minimum Gasteiger partial charge on any atom is -0.493 e. The van der Waals surface area contributed by atoms with E-state index in [4.69, 9.17) is 9.47 Å². The summed E-state index contributed by atoms with van der Waals surface area (Å²) in [6.45, 7) is 8.70. The van der Waals surface area contributed by atoms with E-state index in [0.717, 1.165) is 37.7 Å². The lowest BCUT2D eigenvalue weighted by Gasteiger charge is -2.38. The highest BCUT2D eigenvalue weighted by atomic mass is 16.5. The predicted molar refractivity (Wildman–Crippen MR) is 81.6 cm³/mol. The van der Waals surface area contributed by atoms with Gasteiger partial charge in [-0.3, -0.25) is 4.90 Å². The van der Waals surface area contributed by atoms with Crippen LogP contribution in [0, 0.1) is 6.92 Å². The highest BCUT2D eigenvalue weighted by molar-refractivity contribution is 5.47. The molecule has 1 aromatic rings. The Balaban J connectivity index is 2.17. The molecule has 1 heterocycles. The molecule has 0 bridgehead atoms. The van der Waals surface area contributed by atoms with Crippen molar-refractivity contribution >= 4 is 0 Å². The lowest BCUT2D eigenvalue weighted by Crippen LogP contribution is -2.57. The summed E-state index contributed by atoms with van der Waals surface area (Å²) in [5.41, 5.74) is 2.58. The molecule has 4 nitrogen and oxygen atoms in total. The van der Waals surface area contributed by atoms with Crippen LogP contribution < -0.4 is 14.8 Å². The molecule has 0 aromatic heterocycles. The quantitative estimate of drug-likeness (QED) is 0.829. The molecule has 1 N–H and O–H groups in total. The molecule has 2 rings (SSSR count). The summed E-state index contributed by atoms with van der Waals surface area (Å²) in [6.07, 6.45) is 1.18. The van der Waals surface area contributed by atoms with Crippen molar-refractivity contribution in [2.45, 2.75) is 32.9 Å². The van der Waals surface area contributed by atoms with Crippen LogP contribution in [0.2, 0.25) is 0 Å². The van der Waals surface area contributed by atoms with Crippen LogP contribution in [0.3, 0.4) is 0 Å². The second-order valence-electron chi connectivity index (χ2n) is 5.42. The average molecular weight is 278 g/mol. The van der Waals surface area contributed by atoms with Crippen LogP contribution in [0.15, 0.2) is 12.1 Å². The van der Waals surface area contributed by atoms with Gasteiger partial charge in [0.25, 0.3) is 0 Å². The van der Waals surface area contributed by atoms with Crippen LogP contribution >= 0.6 is 0 Å². The molecule has 0 spiro atoms. The molecular formula is C16H26N2O2. The van der Waals surface area contributed by atoms with Gasteiger partial charge >= 0.3 is 0 Å². The molecule has 0 amide bonds. The molecule has 1 aliphatic heterocycles. The summed E-state index contributed by atoms with van der Waals surface area (Å²) in [6, 6.07) is 4.85. The molecule has 20 heavy (non-hydrogen) atoms. The second-order valence-corrected chi connectivity index (χ2v) is 5.42. The van der Waals surface area contributed by atoms with Gasteiger partial charge in [0.1, 0.15) is 0 Å². The molecule has 1 aromatic carbocycles. The van der Waals surface area contributed by atoms with Crippen molar-refractivity contribution in [1.29, 1.82) is 0 Å². The van der Waals surface area contributed by atoms with Crippen molar-refractivity contribution in [3.8, 4) is 11.5 Å². The zero-order chi connectivity index (χ0) is 14.5. The summed E-state index contributed by atoms with van der Waals surface area (Å²) in [4.78, 5) is 2.56. The molecule has 1 aliphatic rings. The van der Waals surface area contributed by atoms with E-state index >= 15 is 0 Å². The number of hydrogen-bond donors (Lipinski definition) is 1. The van der Waals surface area contributed by atoms with E-state index in [1.54, 1.807) is 14.2 Å². The van der Waals surface area contributed by atoms with E-state index in [1.165, 1.54) is 17.5 Å². The van der Waals surface area contributed by atoms with Gasteiger partial charge in [0, 0.05) is 25.7 Å². The first-order valence-corrected chi connectivity index (χ1v) is 7.35. The number of rotatable bonds is 7. The smallest absolute Gasteiger partial charge is 0.161 e. The molecule has 1 fully saturated rings. The highest BCUT2D eigenvalue weighted by Gasteiger charge is 2.24. The molecular weight excluding hydrogens is 252 g/mol. The third-order valence-electron chi connectivity index (χ3n) is 4.00. The Morgan fingerprint density at radius 1 is 1.20 bits per heavy atom. The van der Waals surface area contributed by atoms with Gasteiger partial charge in [-0.2, -0.15) is 0 Å². The van der Waals surface area contributed by atoms with Gasteiger partial charge < -0.3 is 14.8 Å². The number of methoxy groups -OCH3 is 2. The van der Waals surface area contributed by atoms with E-state index < -0.39 is 0 Å². The molecule has 0 radical (unpaired) electrons. The van der Waals surface area contributed by atoms with Gasteiger partial charge in [-0.25, -0.2) is 0 Å². The monoisotopic (exact) mass is 278 g/mol. The Hall–Kier alpha value is -1.26. The Kier molecular flexibility index (Phi) is 5.26. The molecule has 112 valence electrons. The van der Waals surface area contributed by atoms with Gasteiger partial charge in [-0.05, 0) is 43.1 Å².